The fourth-order valence-corrected chi connectivity index (χ4v) is 3.84. The molecule has 0 saturated heterocycles. The number of benzene rings is 1. The Morgan fingerprint density at radius 1 is 1.26 bits per heavy atom. The van der Waals surface area contributed by atoms with Gasteiger partial charge in [0.1, 0.15) is 10.8 Å². The van der Waals surface area contributed by atoms with Crippen molar-refractivity contribution < 1.29 is 13.2 Å². The summed E-state index contributed by atoms with van der Waals surface area (Å²) in [5.74, 6) is 0.162. The quantitative estimate of drug-likeness (QED) is 0.613. The van der Waals surface area contributed by atoms with Crippen molar-refractivity contribution in [3.8, 4) is 11.3 Å². The van der Waals surface area contributed by atoms with Crippen LogP contribution in [0, 0.1) is 5.82 Å². The molecular weight excluding hydrogens is 411 g/mol. The van der Waals surface area contributed by atoms with Crippen molar-refractivity contribution in [1.29, 1.82) is 0 Å². The summed E-state index contributed by atoms with van der Waals surface area (Å²) in [6.45, 7) is 0. The van der Waals surface area contributed by atoms with E-state index in [1.165, 1.54) is 53.5 Å². The van der Waals surface area contributed by atoms with Crippen molar-refractivity contribution in [3.05, 3.63) is 52.2 Å². The topological polar surface area (TPSA) is 118 Å². The number of rotatable bonds is 3. The lowest BCUT2D eigenvalue weighted by molar-refractivity contribution is 0.533. The number of nitrogens with zero attached hydrogens (tertiary/aromatic N) is 2. The van der Waals surface area contributed by atoms with E-state index in [2.05, 4.69) is 9.97 Å². The zero-order valence-corrected chi connectivity index (χ0v) is 16.3. The van der Waals surface area contributed by atoms with Gasteiger partial charge in [-0.2, -0.15) is 0 Å². The minimum absolute atomic E-state index is 0.00852. The molecule has 1 atom stereocenters. The number of anilines is 2. The van der Waals surface area contributed by atoms with Crippen LogP contribution in [0.3, 0.4) is 0 Å². The summed E-state index contributed by atoms with van der Waals surface area (Å²) >= 11 is 5.05. The largest absolute Gasteiger partial charge is 0.767 e. The van der Waals surface area contributed by atoms with Crippen LogP contribution >= 0.6 is 22.9 Å². The zero-order valence-electron chi connectivity index (χ0n) is 13.9. The SMILES string of the molecule is Nc1ccc(S(=O)[O-])nc1.Nc1nc(-c2ccc(F)c(Cl)c2)c(C2CC2)s1. The van der Waals surface area contributed by atoms with Gasteiger partial charge >= 0.3 is 0 Å². The van der Waals surface area contributed by atoms with Gasteiger partial charge in [-0.25, -0.2) is 14.4 Å². The first-order valence-electron chi connectivity index (χ1n) is 7.87. The predicted octanol–water partition coefficient (Wildman–Crippen LogP) is 3.96. The summed E-state index contributed by atoms with van der Waals surface area (Å²) in [4.78, 5) is 9.07. The van der Waals surface area contributed by atoms with Gasteiger partial charge in [0.2, 0.25) is 0 Å². The van der Waals surface area contributed by atoms with Crippen LogP contribution in [0.2, 0.25) is 5.02 Å². The number of thiazole rings is 1. The summed E-state index contributed by atoms with van der Waals surface area (Å²) in [6, 6.07) is 7.50. The van der Waals surface area contributed by atoms with Crippen molar-refractivity contribution in [1.82, 2.24) is 9.97 Å². The molecule has 4 rings (SSSR count). The van der Waals surface area contributed by atoms with Gasteiger partial charge in [-0.3, -0.25) is 4.21 Å². The molecule has 1 unspecified atom stereocenters. The maximum absolute atomic E-state index is 13.1. The molecule has 0 spiro atoms. The lowest BCUT2D eigenvalue weighted by atomic mass is 10.1. The predicted molar refractivity (Wildman–Crippen MR) is 105 cm³/mol. The van der Waals surface area contributed by atoms with E-state index in [-0.39, 0.29) is 10.0 Å². The van der Waals surface area contributed by atoms with Crippen LogP contribution in [0.4, 0.5) is 15.2 Å². The van der Waals surface area contributed by atoms with Crippen molar-refractivity contribution in [3.63, 3.8) is 0 Å². The third-order valence-corrected chi connectivity index (χ3v) is 5.66. The van der Waals surface area contributed by atoms with Crippen LogP contribution in [0.5, 0.6) is 0 Å². The van der Waals surface area contributed by atoms with Crippen molar-refractivity contribution in [2.45, 2.75) is 23.8 Å². The first kappa shape index (κ1) is 19.7. The molecule has 6 nitrogen and oxygen atoms in total. The number of aromatic nitrogens is 2. The molecule has 3 aromatic rings. The monoisotopic (exact) mass is 425 g/mol. The fraction of sp³-hybridized carbons (Fsp3) is 0.176. The van der Waals surface area contributed by atoms with Crippen LogP contribution in [0.1, 0.15) is 23.6 Å². The minimum atomic E-state index is -2.25. The lowest BCUT2D eigenvalue weighted by Crippen LogP contribution is -1.93. The van der Waals surface area contributed by atoms with Gasteiger partial charge in [-0.15, -0.1) is 11.3 Å². The van der Waals surface area contributed by atoms with Crippen LogP contribution in [0.15, 0.2) is 41.6 Å². The Labute approximate surface area is 166 Å². The third kappa shape index (κ3) is 5.01. The zero-order chi connectivity index (χ0) is 19.6. The number of pyridine rings is 1. The normalized spacial score (nSPS) is 14.3. The Bertz CT molecular complexity index is 978. The summed E-state index contributed by atoms with van der Waals surface area (Å²) < 4.78 is 33.5. The molecule has 0 bridgehead atoms. The minimum Gasteiger partial charge on any atom is -0.767 e. The summed E-state index contributed by atoms with van der Waals surface area (Å²) in [6.07, 6.45) is 3.66. The summed E-state index contributed by atoms with van der Waals surface area (Å²) in [5, 5.41) is 0.687. The van der Waals surface area contributed by atoms with Gasteiger partial charge < -0.3 is 16.0 Å². The second kappa shape index (κ2) is 8.30. The number of nitrogen functional groups attached to an aromatic ring is 2. The van der Waals surface area contributed by atoms with Crippen LogP contribution in [-0.2, 0) is 11.1 Å². The number of hydrogen-bond acceptors (Lipinski definition) is 7. The Kier molecular flexibility index (Phi) is 6.05. The molecule has 1 saturated carbocycles. The summed E-state index contributed by atoms with van der Waals surface area (Å²) in [7, 11) is 0. The molecule has 10 heteroatoms. The van der Waals surface area contributed by atoms with E-state index in [4.69, 9.17) is 23.1 Å². The Morgan fingerprint density at radius 3 is 2.56 bits per heavy atom. The molecule has 1 aromatic carbocycles. The standard InChI is InChI=1S/C12H10ClFN2S.C5H6N2O2S/c13-8-5-7(3-4-9(8)14)10-11(6-1-2-6)17-12(15)16-10;6-4-1-2-5(7-3-4)10(8)9/h3-6H,1-2H2,(H2,15,16);1-3H,6H2,(H,8,9)/p-1. The van der Waals surface area contributed by atoms with E-state index in [9.17, 15) is 13.2 Å². The van der Waals surface area contributed by atoms with Gasteiger partial charge in [0.15, 0.2) is 5.13 Å². The van der Waals surface area contributed by atoms with E-state index < -0.39 is 16.9 Å². The average Bonchev–Trinajstić information content (AvgIpc) is 3.40. The Morgan fingerprint density at radius 2 is 2.00 bits per heavy atom. The number of halogens is 2. The Balaban J connectivity index is 0.000000180. The molecule has 2 aromatic heterocycles. The average molecular weight is 426 g/mol. The Hall–Kier alpha value is -2.07. The van der Waals surface area contributed by atoms with Crippen molar-refractivity contribution >= 4 is 44.8 Å². The van der Waals surface area contributed by atoms with Crippen LogP contribution in [-0.4, -0.2) is 18.7 Å². The molecule has 27 heavy (non-hydrogen) atoms. The highest BCUT2D eigenvalue weighted by molar-refractivity contribution is 7.79. The molecule has 1 aliphatic carbocycles. The highest BCUT2D eigenvalue weighted by Gasteiger charge is 2.29. The maximum atomic E-state index is 13.1. The molecule has 0 radical (unpaired) electrons. The smallest absolute Gasteiger partial charge is 0.180 e. The first-order chi connectivity index (χ1) is 12.8. The lowest BCUT2D eigenvalue weighted by Gasteiger charge is -2.02. The van der Waals surface area contributed by atoms with E-state index in [0.717, 1.165) is 11.3 Å². The highest BCUT2D eigenvalue weighted by atomic mass is 35.5. The number of nitrogens with two attached hydrogens (primary N) is 2. The second-order valence-corrected chi connectivity index (χ2v) is 8.19. The van der Waals surface area contributed by atoms with Gasteiger partial charge in [0, 0.05) is 10.4 Å². The molecule has 2 heterocycles. The maximum Gasteiger partial charge on any atom is 0.180 e. The molecule has 1 aliphatic rings. The second-order valence-electron chi connectivity index (χ2n) is 5.83. The van der Waals surface area contributed by atoms with E-state index >= 15 is 0 Å². The van der Waals surface area contributed by atoms with Crippen molar-refractivity contribution in [2.24, 2.45) is 0 Å². The van der Waals surface area contributed by atoms with E-state index in [0.29, 0.717) is 16.7 Å². The third-order valence-electron chi connectivity index (χ3n) is 3.74. The van der Waals surface area contributed by atoms with Crippen molar-refractivity contribution in [2.75, 3.05) is 11.5 Å². The van der Waals surface area contributed by atoms with Gasteiger partial charge in [0.25, 0.3) is 0 Å². The molecular formula is C17H15ClFN4O2S2-. The van der Waals surface area contributed by atoms with Gasteiger partial charge in [-0.05, 0) is 60.2 Å². The van der Waals surface area contributed by atoms with Crippen LogP contribution < -0.4 is 11.5 Å². The molecule has 0 amide bonds. The summed E-state index contributed by atoms with van der Waals surface area (Å²) in [5.41, 5.74) is 13.2. The fourth-order valence-electron chi connectivity index (χ4n) is 2.31. The van der Waals surface area contributed by atoms with Gasteiger partial charge in [0.05, 0.1) is 22.6 Å². The van der Waals surface area contributed by atoms with Gasteiger partial charge in [-0.1, -0.05) is 11.6 Å². The van der Waals surface area contributed by atoms with E-state index in [1.807, 2.05) is 0 Å². The molecule has 142 valence electrons. The molecule has 4 N–H and O–H groups in total. The first-order valence-corrected chi connectivity index (χ1v) is 10.1. The van der Waals surface area contributed by atoms with E-state index in [1.54, 1.807) is 12.1 Å². The molecule has 1 fully saturated rings. The number of hydrogen-bond donors (Lipinski definition) is 2. The highest BCUT2D eigenvalue weighted by Crippen LogP contribution is 2.48. The van der Waals surface area contributed by atoms with Crippen LogP contribution in [0.25, 0.3) is 11.3 Å². The molecule has 0 aliphatic heterocycles.